The minimum absolute atomic E-state index is 0.0822. The summed E-state index contributed by atoms with van der Waals surface area (Å²) in [5.74, 6) is -0.761. The van der Waals surface area contributed by atoms with Crippen molar-refractivity contribution in [3.05, 3.63) is 52.1 Å². The molecule has 0 spiro atoms. The summed E-state index contributed by atoms with van der Waals surface area (Å²) in [6.07, 6.45) is -3.48. The third-order valence-electron chi connectivity index (χ3n) is 5.02. The zero-order valence-electron chi connectivity index (χ0n) is 17.9. The summed E-state index contributed by atoms with van der Waals surface area (Å²) in [6, 6.07) is 7.09. The molecule has 0 aliphatic carbocycles. The Morgan fingerprint density at radius 2 is 2.00 bits per heavy atom. The molecule has 0 saturated carbocycles. The fourth-order valence-corrected chi connectivity index (χ4v) is 3.47. The average molecular weight is 470 g/mol. The molecule has 0 bridgehead atoms. The highest BCUT2D eigenvalue weighted by Crippen LogP contribution is 2.27. The standard InChI is InChI=1S/C21H23ClF3N5O2/c1-13-17(14(2)30-20(26-13)27-19(28-30)21(23,24)25)8-9-18(31)29(3)10-5-11-32-16-7-4-6-15(22)12-16/h4,6-7,12H,5,8-11H2,1-3H3. The van der Waals surface area contributed by atoms with E-state index in [0.29, 0.717) is 53.7 Å². The average Bonchev–Trinajstić information content (AvgIpc) is 3.15. The molecule has 172 valence electrons. The van der Waals surface area contributed by atoms with Crippen LogP contribution in [-0.4, -0.2) is 50.6 Å². The topological polar surface area (TPSA) is 72.6 Å². The first-order chi connectivity index (χ1) is 15.1. The maximum atomic E-state index is 12.9. The van der Waals surface area contributed by atoms with Crippen molar-refractivity contribution >= 4 is 23.3 Å². The van der Waals surface area contributed by atoms with Crippen LogP contribution in [0.3, 0.4) is 0 Å². The van der Waals surface area contributed by atoms with Gasteiger partial charge in [-0.2, -0.15) is 18.2 Å². The second-order valence-electron chi connectivity index (χ2n) is 7.38. The maximum absolute atomic E-state index is 12.9. The van der Waals surface area contributed by atoms with Crippen LogP contribution in [0.2, 0.25) is 5.02 Å². The molecule has 11 heteroatoms. The van der Waals surface area contributed by atoms with Crippen LogP contribution in [0.1, 0.15) is 35.6 Å². The number of alkyl halides is 3. The van der Waals surface area contributed by atoms with E-state index in [0.717, 1.165) is 4.52 Å². The number of nitrogens with zero attached hydrogens (tertiary/aromatic N) is 5. The van der Waals surface area contributed by atoms with Gasteiger partial charge in [0, 0.05) is 36.4 Å². The SMILES string of the molecule is Cc1nc2nc(C(F)(F)F)nn2c(C)c1CCC(=O)N(C)CCCOc1cccc(Cl)c1. The van der Waals surface area contributed by atoms with Crippen LogP contribution in [0.25, 0.3) is 5.78 Å². The van der Waals surface area contributed by atoms with Gasteiger partial charge in [-0.05, 0) is 50.5 Å². The lowest BCUT2D eigenvalue weighted by molar-refractivity contribution is -0.144. The van der Waals surface area contributed by atoms with Gasteiger partial charge in [0.2, 0.25) is 5.91 Å². The second kappa shape index (κ2) is 9.72. The predicted octanol–water partition coefficient (Wildman–Crippen LogP) is 4.27. The monoisotopic (exact) mass is 469 g/mol. The highest BCUT2D eigenvalue weighted by atomic mass is 35.5. The number of halogens is 4. The van der Waals surface area contributed by atoms with E-state index in [1.165, 1.54) is 0 Å². The molecule has 0 unspecified atom stereocenters. The van der Waals surface area contributed by atoms with Crippen LogP contribution < -0.4 is 4.74 Å². The van der Waals surface area contributed by atoms with E-state index in [1.807, 2.05) is 6.07 Å². The zero-order valence-corrected chi connectivity index (χ0v) is 18.7. The number of amides is 1. The quantitative estimate of drug-likeness (QED) is 0.461. The van der Waals surface area contributed by atoms with Crippen LogP contribution in [-0.2, 0) is 17.4 Å². The Bertz CT molecular complexity index is 1120. The molecule has 0 radical (unpaired) electrons. The summed E-state index contributed by atoms with van der Waals surface area (Å²) < 4.78 is 45.4. The zero-order chi connectivity index (χ0) is 23.5. The Hall–Kier alpha value is -2.88. The summed E-state index contributed by atoms with van der Waals surface area (Å²) in [4.78, 5) is 21.7. The summed E-state index contributed by atoms with van der Waals surface area (Å²) in [7, 11) is 1.70. The smallest absolute Gasteiger partial charge is 0.453 e. The van der Waals surface area contributed by atoms with Crippen LogP contribution in [0.5, 0.6) is 5.75 Å². The summed E-state index contributed by atoms with van der Waals surface area (Å²) in [6.45, 7) is 4.27. The fraction of sp³-hybridized carbons (Fsp3) is 0.429. The molecule has 32 heavy (non-hydrogen) atoms. The molecule has 2 heterocycles. The Morgan fingerprint density at radius 3 is 2.69 bits per heavy atom. The molecule has 0 N–H and O–H groups in total. The van der Waals surface area contributed by atoms with Gasteiger partial charge in [-0.1, -0.05) is 17.7 Å². The van der Waals surface area contributed by atoms with Gasteiger partial charge in [0.05, 0.1) is 6.61 Å². The first kappa shape index (κ1) is 23.8. The number of hydrogen-bond donors (Lipinski definition) is 0. The Balaban J connectivity index is 1.55. The van der Waals surface area contributed by atoms with Gasteiger partial charge >= 0.3 is 6.18 Å². The molecule has 0 saturated heterocycles. The van der Waals surface area contributed by atoms with Crippen molar-refractivity contribution in [2.45, 2.75) is 39.3 Å². The van der Waals surface area contributed by atoms with Crippen LogP contribution in [0.15, 0.2) is 24.3 Å². The fourth-order valence-electron chi connectivity index (χ4n) is 3.29. The molecule has 0 atom stereocenters. The molecule has 1 aromatic carbocycles. The van der Waals surface area contributed by atoms with Crippen molar-refractivity contribution in [1.82, 2.24) is 24.5 Å². The van der Waals surface area contributed by atoms with E-state index in [1.54, 1.807) is 44.0 Å². The number of rotatable bonds is 8. The maximum Gasteiger partial charge on any atom is 0.453 e. The van der Waals surface area contributed by atoms with E-state index in [-0.39, 0.29) is 18.1 Å². The van der Waals surface area contributed by atoms with E-state index >= 15 is 0 Å². The minimum Gasteiger partial charge on any atom is -0.493 e. The highest BCUT2D eigenvalue weighted by Gasteiger charge is 2.37. The first-order valence-corrected chi connectivity index (χ1v) is 10.4. The molecule has 0 aliphatic rings. The summed E-state index contributed by atoms with van der Waals surface area (Å²) in [5.41, 5.74) is 1.70. The van der Waals surface area contributed by atoms with Gasteiger partial charge in [0.25, 0.3) is 11.6 Å². The Kier molecular flexibility index (Phi) is 7.22. The van der Waals surface area contributed by atoms with Crippen molar-refractivity contribution < 1.29 is 22.7 Å². The number of ether oxygens (including phenoxy) is 1. The van der Waals surface area contributed by atoms with Gasteiger partial charge < -0.3 is 9.64 Å². The lowest BCUT2D eigenvalue weighted by Crippen LogP contribution is -2.29. The Morgan fingerprint density at radius 1 is 1.25 bits per heavy atom. The molecule has 7 nitrogen and oxygen atoms in total. The molecule has 0 aliphatic heterocycles. The number of aryl methyl sites for hydroxylation is 2. The second-order valence-corrected chi connectivity index (χ2v) is 7.82. The molecule has 3 aromatic rings. The van der Waals surface area contributed by atoms with E-state index in [2.05, 4.69) is 15.1 Å². The number of carbonyl (C=O) groups is 1. The number of hydrogen-bond acceptors (Lipinski definition) is 5. The van der Waals surface area contributed by atoms with E-state index < -0.39 is 12.0 Å². The predicted molar refractivity (Wildman–Crippen MR) is 113 cm³/mol. The van der Waals surface area contributed by atoms with Crippen molar-refractivity contribution in [2.24, 2.45) is 0 Å². The van der Waals surface area contributed by atoms with E-state index in [4.69, 9.17) is 16.3 Å². The number of benzene rings is 1. The van der Waals surface area contributed by atoms with Gasteiger partial charge in [-0.3, -0.25) is 4.79 Å². The normalized spacial score (nSPS) is 11.7. The van der Waals surface area contributed by atoms with Gasteiger partial charge in [0.15, 0.2) is 0 Å². The van der Waals surface area contributed by atoms with Crippen molar-refractivity contribution in [2.75, 3.05) is 20.2 Å². The van der Waals surface area contributed by atoms with E-state index in [9.17, 15) is 18.0 Å². The highest BCUT2D eigenvalue weighted by molar-refractivity contribution is 6.30. The van der Waals surface area contributed by atoms with Crippen molar-refractivity contribution in [1.29, 1.82) is 0 Å². The number of fused-ring (bicyclic) bond motifs is 1. The molecule has 1 amide bonds. The summed E-state index contributed by atoms with van der Waals surface area (Å²) >= 11 is 5.91. The molecule has 2 aromatic heterocycles. The van der Waals surface area contributed by atoms with Gasteiger partial charge in [-0.15, -0.1) is 5.10 Å². The molecular weight excluding hydrogens is 447 g/mol. The lowest BCUT2D eigenvalue weighted by Gasteiger charge is -2.18. The molecular formula is C21H23ClF3N5O2. The molecule has 3 rings (SSSR count). The summed E-state index contributed by atoms with van der Waals surface area (Å²) in [5, 5.41) is 4.12. The molecule has 0 fully saturated rings. The number of aromatic nitrogens is 4. The first-order valence-electron chi connectivity index (χ1n) is 9.98. The largest absolute Gasteiger partial charge is 0.493 e. The lowest BCUT2D eigenvalue weighted by atomic mass is 10.1. The minimum atomic E-state index is -4.65. The van der Waals surface area contributed by atoms with Gasteiger partial charge in [-0.25, -0.2) is 9.50 Å². The third kappa shape index (κ3) is 5.67. The van der Waals surface area contributed by atoms with Crippen molar-refractivity contribution in [3.63, 3.8) is 0 Å². The Labute approximate surface area is 188 Å². The van der Waals surface area contributed by atoms with Gasteiger partial charge in [0.1, 0.15) is 5.75 Å². The van der Waals surface area contributed by atoms with Crippen LogP contribution >= 0.6 is 11.6 Å². The van der Waals surface area contributed by atoms with Crippen molar-refractivity contribution in [3.8, 4) is 5.75 Å². The van der Waals surface area contributed by atoms with Crippen LogP contribution in [0.4, 0.5) is 13.2 Å². The third-order valence-corrected chi connectivity index (χ3v) is 5.25. The number of carbonyl (C=O) groups excluding carboxylic acids is 1. The van der Waals surface area contributed by atoms with Crippen LogP contribution in [0, 0.1) is 13.8 Å².